The molecule has 0 aromatic carbocycles. The third kappa shape index (κ3) is 8.27. The van der Waals surface area contributed by atoms with Gasteiger partial charge >= 0.3 is 0 Å². The van der Waals surface area contributed by atoms with Crippen molar-refractivity contribution in [2.45, 2.75) is 26.1 Å². The van der Waals surface area contributed by atoms with Gasteiger partial charge in [0.2, 0.25) is 10.0 Å². The number of halogens is 1. The van der Waals surface area contributed by atoms with Crippen molar-refractivity contribution in [3.05, 3.63) is 0 Å². The normalized spacial score (nSPS) is 23.0. The van der Waals surface area contributed by atoms with Gasteiger partial charge in [-0.15, -0.1) is 24.0 Å². The fourth-order valence-electron chi connectivity index (χ4n) is 3.22. The van der Waals surface area contributed by atoms with Crippen LogP contribution in [-0.2, 0) is 19.5 Å². The van der Waals surface area contributed by atoms with Crippen molar-refractivity contribution in [2.24, 2.45) is 4.99 Å². The van der Waals surface area contributed by atoms with Gasteiger partial charge in [-0.3, -0.25) is 4.99 Å². The summed E-state index contributed by atoms with van der Waals surface area (Å²) in [5.41, 5.74) is 0. The summed E-state index contributed by atoms with van der Waals surface area (Å²) in [7, 11) is 0.571. The molecule has 2 rings (SSSR count). The van der Waals surface area contributed by atoms with Crippen molar-refractivity contribution >= 4 is 40.0 Å². The topological polar surface area (TPSA) is 86.7 Å². The number of aliphatic imine (C=N–C) groups is 1. The van der Waals surface area contributed by atoms with Gasteiger partial charge in [-0.1, -0.05) is 0 Å². The Balaban J connectivity index is 0.00000392. The number of rotatable bonds is 7. The van der Waals surface area contributed by atoms with Crippen molar-refractivity contribution < 1.29 is 17.9 Å². The predicted molar refractivity (Wildman–Crippen MR) is 122 cm³/mol. The maximum atomic E-state index is 12.4. The molecule has 0 spiro atoms. The molecular weight excluding hydrogens is 497 g/mol. The fraction of sp³-hybridized carbons (Fsp3) is 0.941. The van der Waals surface area contributed by atoms with Crippen LogP contribution in [0, 0.1) is 0 Å². The summed E-state index contributed by atoms with van der Waals surface area (Å²) in [5.74, 6) is 0.831. The lowest BCUT2D eigenvalue weighted by Gasteiger charge is -2.37. The number of morpholine rings is 1. The monoisotopic (exact) mass is 533 g/mol. The number of nitrogens with zero attached hydrogens (tertiary/aromatic N) is 4. The summed E-state index contributed by atoms with van der Waals surface area (Å²) in [6, 6.07) is 0. The third-order valence-corrected chi connectivity index (χ3v) is 6.60. The van der Waals surface area contributed by atoms with Gasteiger partial charge in [0.05, 0.1) is 31.2 Å². The number of nitrogens with one attached hydrogen (secondary N) is 1. The van der Waals surface area contributed by atoms with Gasteiger partial charge in [-0.05, 0) is 20.9 Å². The molecule has 2 heterocycles. The molecule has 0 amide bonds. The van der Waals surface area contributed by atoms with E-state index in [1.807, 2.05) is 13.8 Å². The van der Waals surface area contributed by atoms with Crippen molar-refractivity contribution in [2.75, 3.05) is 78.9 Å². The Morgan fingerprint density at radius 1 is 1.25 bits per heavy atom. The second-order valence-corrected chi connectivity index (χ2v) is 9.39. The minimum atomic E-state index is -3.27. The maximum absolute atomic E-state index is 12.4. The summed E-state index contributed by atoms with van der Waals surface area (Å²) in [5, 5.41) is 3.37. The lowest BCUT2D eigenvalue weighted by Crippen LogP contribution is -2.55. The minimum Gasteiger partial charge on any atom is -0.378 e. The molecule has 166 valence electrons. The average molecular weight is 533 g/mol. The smallest absolute Gasteiger partial charge is 0.216 e. The standard InChI is InChI=1S/C17H35N5O4S.HI/c1-15(2)25-11-12-27(23,24)22-7-5-21(6-8-22)17(18-3)19-13-16-14-20(4)9-10-26-16;/h15-16H,5-14H2,1-4H3,(H,18,19);1H. The summed E-state index contributed by atoms with van der Waals surface area (Å²) >= 11 is 0. The number of sulfonamides is 1. The summed E-state index contributed by atoms with van der Waals surface area (Å²) in [6.45, 7) is 9.52. The molecular formula is C17H36IN5O4S. The van der Waals surface area contributed by atoms with E-state index < -0.39 is 10.0 Å². The van der Waals surface area contributed by atoms with Gasteiger partial charge in [-0.25, -0.2) is 8.42 Å². The minimum absolute atomic E-state index is 0. The maximum Gasteiger partial charge on any atom is 0.216 e. The number of ether oxygens (including phenoxy) is 2. The van der Waals surface area contributed by atoms with Crippen LogP contribution in [0.4, 0.5) is 0 Å². The van der Waals surface area contributed by atoms with Crippen molar-refractivity contribution in [3.63, 3.8) is 0 Å². The van der Waals surface area contributed by atoms with Gasteiger partial charge in [0, 0.05) is 52.9 Å². The van der Waals surface area contributed by atoms with E-state index in [4.69, 9.17) is 9.47 Å². The van der Waals surface area contributed by atoms with Gasteiger partial charge < -0.3 is 24.6 Å². The Bertz CT molecular complexity index is 582. The zero-order chi connectivity index (χ0) is 19.9. The van der Waals surface area contributed by atoms with E-state index in [0.29, 0.717) is 32.7 Å². The van der Waals surface area contributed by atoms with Crippen LogP contribution >= 0.6 is 24.0 Å². The highest BCUT2D eigenvalue weighted by Crippen LogP contribution is 2.09. The van der Waals surface area contributed by atoms with E-state index in [-0.39, 0.29) is 48.5 Å². The first-order chi connectivity index (χ1) is 12.8. The SMILES string of the molecule is CN=C(NCC1CN(C)CCO1)N1CCN(S(=O)(=O)CCOC(C)C)CC1.I. The zero-order valence-corrected chi connectivity index (χ0v) is 20.6. The van der Waals surface area contributed by atoms with Crippen LogP contribution in [-0.4, -0.2) is 120 Å². The molecule has 2 aliphatic rings. The number of guanidine groups is 1. The molecule has 0 aromatic rings. The largest absolute Gasteiger partial charge is 0.378 e. The van der Waals surface area contributed by atoms with Gasteiger partial charge in [0.1, 0.15) is 0 Å². The van der Waals surface area contributed by atoms with E-state index in [0.717, 1.165) is 25.7 Å². The molecule has 0 bridgehead atoms. The third-order valence-electron chi connectivity index (χ3n) is 4.77. The van der Waals surface area contributed by atoms with Crippen LogP contribution in [0.1, 0.15) is 13.8 Å². The molecule has 0 aliphatic carbocycles. The number of hydrogen-bond acceptors (Lipinski definition) is 6. The molecule has 11 heteroatoms. The van der Waals surface area contributed by atoms with E-state index in [1.165, 1.54) is 0 Å². The van der Waals surface area contributed by atoms with E-state index in [1.54, 1.807) is 11.4 Å². The van der Waals surface area contributed by atoms with Crippen LogP contribution in [0.2, 0.25) is 0 Å². The molecule has 9 nitrogen and oxygen atoms in total. The quantitative estimate of drug-likeness (QED) is 0.278. The van der Waals surface area contributed by atoms with Crippen molar-refractivity contribution in [3.8, 4) is 0 Å². The van der Waals surface area contributed by atoms with Gasteiger partial charge in [0.15, 0.2) is 5.96 Å². The summed E-state index contributed by atoms with van der Waals surface area (Å²) in [6.07, 6.45) is 0.183. The second kappa shape index (κ2) is 12.5. The first kappa shape index (κ1) is 25.8. The molecule has 0 saturated carbocycles. The Morgan fingerprint density at radius 3 is 2.50 bits per heavy atom. The molecule has 28 heavy (non-hydrogen) atoms. The Morgan fingerprint density at radius 2 is 1.93 bits per heavy atom. The van der Waals surface area contributed by atoms with E-state index in [2.05, 4.69) is 27.2 Å². The zero-order valence-electron chi connectivity index (χ0n) is 17.5. The van der Waals surface area contributed by atoms with Crippen molar-refractivity contribution in [1.82, 2.24) is 19.4 Å². The van der Waals surface area contributed by atoms with Crippen LogP contribution in [0.5, 0.6) is 0 Å². The lowest BCUT2D eigenvalue weighted by atomic mass is 10.3. The summed E-state index contributed by atoms with van der Waals surface area (Å²) < 4.78 is 37.6. The highest BCUT2D eigenvalue weighted by Gasteiger charge is 2.28. The highest BCUT2D eigenvalue weighted by molar-refractivity contribution is 14.0. The molecule has 2 aliphatic heterocycles. The van der Waals surface area contributed by atoms with E-state index in [9.17, 15) is 8.42 Å². The molecule has 1 N–H and O–H groups in total. The molecule has 0 aromatic heterocycles. The second-order valence-electron chi connectivity index (χ2n) is 7.30. The van der Waals surface area contributed by atoms with Crippen LogP contribution < -0.4 is 5.32 Å². The molecule has 1 unspecified atom stereocenters. The van der Waals surface area contributed by atoms with Crippen molar-refractivity contribution in [1.29, 1.82) is 0 Å². The first-order valence-corrected chi connectivity index (χ1v) is 11.3. The predicted octanol–water partition coefficient (Wildman–Crippen LogP) is -0.117. The fourth-order valence-corrected chi connectivity index (χ4v) is 4.51. The summed E-state index contributed by atoms with van der Waals surface area (Å²) in [4.78, 5) is 8.70. The average Bonchev–Trinajstić information content (AvgIpc) is 2.62. The number of likely N-dealkylation sites (N-methyl/N-ethyl adjacent to an activating group) is 1. The molecule has 2 fully saturated rings. The molecule has 0 radical (unpaired) electrons. The molecule has 2 saturated heterocycles. The number of piperazine rings is 1. The lowest BCUT2D eigenvalue weighted by molar-refractivity contribution is -0.0163. The Hall–Kier alpha value is -0.210. The number of hydrogen-bond donors (Lipinski definition) is 1. The first-order valence-electron chi connectivity index (χ1n) is 9.67. The van der Waals surface area contributed by atoms with Crippen LogP contribution in [0.3, 0.4) is 0 Å². The van der Waals surface area contributed by atoms with E-state index >= 15 is 0 Å². The van der Waals surface area contributed by atoms with Gasteiger partial charge in [0.25, 0.3) is 0 Å². The van der Waals surface area contributed by atoms with Gasteiger partial charge in [-0.2, -0.15) is 4.31 Å². The highest BCUT2D eigenvalue weighted by atomic mass is 127. The molecule has 1 atom stereocenters. The van der Waals surface area contributed by atoms with Crippen LogP contribution in [0.15, 0.2) is 4.99 Å². The Labute approximate surface area is 186 Å². The van der Waals surface area contributed by atoms with Crippen LogP contribution in [0.25, 0.3) is 0 Å². The Kier molecular flexibility index (Phi) is 11.5.